The van der Waals surface area contributed by atoms with Gasteiger partial charge in [-0.3, -0.25) is 0 Å². The van der Waals surface area contributed by atoms with Crippen molar-refractivity contribution in [1.82, 2.24) is 5.32 Å². The van der Waals surface area contributed by atoms with Crippen LogP contribution in [0.2, 0.25) is 0 Å². The summed E-state index contributed by atoms with van der Waals surface area (Å²) >= 11 is 0. The van der Waals surface area contributed by atoms with Crippen LogP contribution in [0, 0.1) is 0 Å². The fourth-order valence-corrected chi connectivity index (χ4v) is 2.05. The van der Waals surface area contributed by atoms with Crippen LogP contribution < -0.4 is 24.3 Å². The first-order valence-corrected chi connectivity index (χ1v) is 5.96. The van der Waals surface area contributed by atoms with Gasteiger partial charge in [0.1, 0.15) is 11.9 Å². The van der Waals surface area contributed by atoms with E-state index in [9.17, 15) is 0 Å². The molecule has 0 aliphatic carbocycles. The summed E-state index contributed by atoms with van der Waals surface area (Å²) in [6.07, 6.45) is 1.21. The van der Waals surface area contributed by atoms with Gasteiger partial charge in [-0.15, -0.1) is 0 Å². The second-order valence-corrected chi connectivity index (χ2v) is 4.09. The van der Waals surface area contributed by atoms with E-state index in [0.29, 0.717) is 17.2 Å². The summed E-state index contributed by atoms with van der Waals surface area (Å²) in [6.45, 7) is 1.87. The van der Waals surface area contributed by atoms with Crippen molar-refractivity contribution in [2.45, 2.75) is 12.5 Å². The quantitative estimate of drug-likeness (QED) is 0.860. The third-order valence-electron chi connectivity index (χ3n) is 2.96. The molecule has 0 unspecified atom stereocenters. The lowest BCUT2D eigenvalue weighted by Gasteiger charge is -2.17. The number of rotatable bonds is 5. The highest BCUT2D eigenvalue weighted by Crippen LogP contribution is 2.41. The molecule has 0 bridgehead atoms. The Balaban J connectivity index is 2.24. The molecule has 18 heavy (non-hydrogen) atoms. The Morgan fingerprint density at radius 2 is 1.72 bits per heavy atom. The maximum absolute atomic E-state index is 5.88. The smallest absolute Gasteiger partial charge is 0.203 e. The molecule has 1 atom stereocenters. The highest BCUT2D eigenvalue weighted by atomic mass is 16.5. The topological polar surface area (TPSA) is 49.0 Å². The summed E-state index contributed by atoms with van der Waals surface area (Å²) in [6, 6.07) is 3.64. The van der Waals surface area contributed by atoms with Gasteiger partial charge in [-0.05, 0) is 13.0 Å². The Hall–Kier alpha value is -1.62. The van der Waals surface area contributed by atoms with Crippen LogP contribution in [0.1, 0.15) is 6.42 Å². The predicted octanol–water partition coefficient (Wildman–Crippen LogP) is 1.45. The maximum atomic E-state index is 5.88. The van der Waals surface area contributed by atoms with Gasteiger partial charge in [-0.2, -0.15) is 0 Å². The molecule has 5 heteroatoms. The summed E-state index contributed by atoms with van der Waals surface area (Å²) in [7, 11) is 4.78. The first-order valence-electron chi connectivity index (χ1n) is 5.96. The molecule has 0 amide bonds. The highest BCUT2D eigenvalue weighted by molar-refractivity contribution is 5.55. The molecule has 1 aliphatic rings. The van der Waals surface area contributed by atoms with E-state index in [0.717, 1.165) is 25.3 Å². The molecule has 0 spiro atoms. The number of hydrogen-bond donors (Lipinski definition) is 1. The van der Waals surface area contributed by atoms with Gasteiger partial charge in [0, 0.05) is 18.7 Å². The van der Waals surface area contributed by atoms with Gasteiger partial charge in [-0.1, -0.05) is 0 Å². The molecular formula is C13H19NO4. The molecule has 1 saturated heterocycles. The van der Waals surface area contributed by atoms with Crippen LogP contribution in [0.5, 0.6) is 23.0 Å². The number of methoxy groups -OCH3 is 3. The SMILES string of the molecule is COc1cc(O[C@H]2CCNC2)cc(OC)c1OC. The van der Waals surface area contributed by atoms with Gasteiger partial charge >= 0.3 is 0 Å². The largest absolute Gasteiger partial charge is 0.493 e. The van der Waals surface area contributed by atoms with E-state index >= 15 is 0 Å². The van der Waals surface area contributed by atoms with Crippen LogP contribution in [0.25, 0.3) is 0 Å². The molecule has 0 radical (unpaired) electrons. The van der Waals surface area contributed by atoms with Crippen molar-refractivity contribution < 1.29 is 18.9 Å². The molecule has 0 aromatic heterocycles. The van der Waals surface area contributed by atoms with Gasteiger partial charge in [0.05, 0.1) is 21.3 Å². The monoisotopic (exact) mass is 253 g/mol. The Labute approximate surface area is 107 Å². The molecule has 0 saturated carbocycles. The van der Waals surface area contributed by atoms with Crippen molar-refractivity contribution in [1.29, 1.82) is 0 Å². The van der Waals surface area contributed by atoms with E-state index in [1.54, 1.807) is 21.3 Å². The van der Waals surface area contributed by atoms with Crippen LogP contribution in [-0.2, 0) is 0 Å². The first kappa shape index (κ1) is 12.8. The molecule has 100 valence electrons. The molecular weight excluding hydrogens is 234 g/mol. The molecule has 1 aliphatic heterocycles. The third kappa shape index (κ3) is 2.61. The van der Waals surface area contributed by atoms with Gasteiger partial charge in [0.25, 0.3) is 0 Å². The Kier molecular flexibility index (Phi) is 4.15. The summed E-state index contributed by atoms with van der Waals surface area (Å²) in [5.74, 6) is 2.53. The van der Waals surface area contributed by atoms with Crippen LogP contribution >= 0.6 is 0 Å². The molecule has 1 heterocycles. The van der Waals surface area contributed by atoms with E-state index < -0.39 is 0 Å². The fraction of sp³-hybridized carbons (Fsp3) is 0.538. The summed E-state index contributed by atoms with van der Waals surface area (Å²) in [5.41, 5.74) is 0. The summed E-state index contributed by atoms with van der Waals surface area (Å²) in [5, 5.41) is 3.26. The van der Waals surface area contributed by atoms with Crippen molar-refractivity contribution >= 4 is 0 Å². The lowest BCUT2D eigenvalue weighted by atomic mass is 10.2. The lowest BCUT2D eigenvalue weighted by Crippen LogP contribution is -2.19. The van der Waals surface area contributed by atoms with E-state index in [2.05, 4.69) is 5.32 Å². The molecule has 1 aromatic carbocycles. The lowest BCUT2D eigenvalue weighted by molar-refractivity contribution is 0.219. The average molecular weight is 253 g/mol. The number of hydrogen-bond acceptors (Lipinski definition) is 5. The zero-order valence-electron chi connectivity index (χ0n) is 11.0. The highest BCUT2D eigenvalue weighted by Gasteiger charge is 2.19. The Morgan fingerprint density at radius 3 is 2.17 bits per heavy atom. The number of nitrogens with one attached hydrogen (secondary N) is 1. The minimum absolute atomic E-state index is 0.202. The van der Waals surface area contributed by atoms with Crippen LogP contribution in [0.15, 0.2) is 12.1 Å². The van der Waals surface area contributed by atoms with E-state index in [1.165, 1.54) is 0 Å². The van der Waals surface area contributed by atoms with Gasteiger partial charge in [-0.25, -0.2) is 0 Å². The molecule has 2 rings (SSSR count). The van der Waals surface area contributed by atoms with E-state index in [1.807, 2.05) is 12.1 Å². The van der Waals surface area contributed by atoms with E-state index in [-0.39, 0.29) is 6.10 Å². The van der Waals surface area contributed by atoms with Crippen LogP contribution in [-0.4, -0.2) is 40.5 Å². The van der Waals surface area contributed by atoms with Gasteiger partial charge < -0.3 is 24.3 Å². The van der Waals surface area contributed by atoms with Crippen molar-refractivity contribution in [2.75, 3.05) is 34.4 Å². The maximum Gasteiger partial charge on any atom is 0.203 e. The van der Waals surface area contributed by atoms with Gasteiger partial charge in [0.15, 0.2) is 11.5 Å². The minimum Gasteiger partial charge on any atom is -0.493 e. The zero-order valence-corrected chi connectivity index (χ0v) is 11.0. The van der Waals surface area contributed by atoms with E-state index in [4.69, 9.17) is 18.9 Å². The molecule has 5 nitrogen and oxygen atoms in total. The first-order chi connectivity index (χ1) is 8.78. The van der Waals surface area contributed by atoms with Crippen molar-refractivity contribution in [3.63, 3.8) is 0 Å². The number of benzene rings is 1. The summed E-state index contributed by atoms with van der Waals surface area (Å²) < 4.78 is 21.7. The van der Waals surface area contributed by atoms with Crippen LogP contribution in [0.3, 0.4) is 0 Å². The number of ether oxygens (including phenoxy) is 4. The van der Waals surface area contributed by atoms with Crippen molar-refractivity contribution in [3.05, 3.63) is 12.1 Å². The van der Waals surface area contributed by atoms with Crippen molar-refractivity contribution in [2.24, 2.45) is 0 Å². The molecule has 1 aromatic rings. The normalized spacial score (nSPS) is 18.5. The average Bonchev–Trinajstić information content (AvgIpc) is 2.90. The van der Waals surface area contributed by atoms with Crippen LogP contribution in [0.4, 0.5) is 0 Å². The predicted molar refractivity (Wildman–Crippen MR) is 68.0 cm³/mol. The molecule has 1 N–H and O–H groups in total. The second-order valence-electron chi connectivity index (χ2n) is 4.09. The zero-order chi connectivity index (χ0) is 13.0. The third-order valence-corrected chi connectivity index (χ3v) is 2.96. The standard InChI is InChI=1S/C13H19NO4/c1-15-11-6-10(18-9-4-5-14-8-9)7-12(16-2)13(11)17-3/h6-7,9,14H,4-5,8H2,1-3H3/t9-/m0/s1. The Bertz CT molecular complexity index is 377. The minimum atomic E-state index is 0.202. The molecule has 1 fully saturated rings. The van der Waals surface area contributed by atoms with Crippen molar-refractivity contribution in [3.8, 4) is 23.0 Å². The summed E-state index contributed by atoms with van der Waals surface area (Å²) in [4.78, 5) is 0. The second kappa shape index (κ2) is 5.82. The Morgan fingerprint density at radius 1 is 1.06 bits per heavy atom. The fourth-order valence-electron chi connectivity index (χ4n) is 2.05. The van der Waals surface area contributed by atoms with Gasteiger partial charge in [0.2, 0.25) is 5.75 Å².